The first kappa shape index (κ1) is 18.9. The predicted octanol–water partition coefficient (Wildman–Crippen LogP) is -2.75. The van der Waals surface area contributed by atoms with Crippen LogP contribution in [0.15, 0.2) is 6.33 Å². The van der Waals surface area contributed by atoms with E-state index in [4.69, 9.17) is 10.6 Å². The molecule has 1 aromatic heterocycles. The van der Waals surface area contributed by atoms with Crippen LogP contribution in [0.5, 0.6) is 0 Å². The molecule has 1 fully saturated rings. The van der Waals surface area contributed by atoms with Gasteiger partial charge < -0.3 is 21.3 Å². The molecule has 2 amide bonds. The van der Waals surface area contributed by atoms with Gasteiger partial charge in [-0.25, -0.2) is 9.48 Å². The number of carboxylic acid groups (broad SMARTS) is 1. The van der Waals surface area contributed by atoms with Gasteiger partial charge in [-0.05, 0) is 17.4 Å². The Balaban J connectivity index is 2.02. The first-order valence-corrected chi connectivity index (χ1v) is 7.56. The molecule has 0 aromatic carbocycles. The molecule has 0 radical (unpaired) electrons. The predicted molar refractivity (Wildman–Crippen MR) is 81.3 cm³/mol. The Morgan fingerprint density at radius 1 is 1.46 bits per heavy atom. The van der Waals surface area contributed by atoms with Crippen molar-refractivity contribution < 1.29 is 29.1 Å². The molecular formula is C13H16N8O5. The number of carbonyl (C=O) groups excluding carboxylic acids is 3. The average molecular weight is 364 g/mol. The van der Waals surface area contributed by atoms with Crippen LogP contribution in [0.1, 0.15) is 13.8 Å². The molecule has 13 nitrogen and oxygen atoms in total. The van der Waals surface area contributed by atoms with Crippen molar-refractivity contribution in [3.8, 4) is 0 Å². The van der Waals surface area contributed by atoms with Crippen LogP contribution < -0.4 is 10.6 Å². The maximum atomic E-state index is 12.1. The van der Waals surface area contributed by atoms with Gasteiger partial charge in [0.1, 0.15) is 12.9 Å². The number of hydrogen-bond acceptors (Lipinski definition) is 7. The Bertz CT molecular complexity index is 784. The van der Waals surface area contributed by atoms with Crippen LogP contribution in [0.25, 0.3) is 5.53 Å². The Morgan fingerprint density at radius 3 is 2.65 bits per heavy atom. The minimum absolute atomic E-state index is 0.148. The van der Waals surface area contributed by atoms with E-state index in [9.17, 15) is 19.2 Å². The first-order chi connectivity index (χ1) is 12.3. The highest BCUT2D eigenvalue weighted by Gasteiger charge is 2.50. The number of nitrogens with one attached hydrogen (secondary N) is 2. The third kappa shape index (κ3) is 3.78. The van der Waals surface area contributed by atoms with E-state index in [1.165, 1.54) is 17.9 Å². The van der Waals surface area contributed by atoms with Gasteiger partial charge in [-0.15, -0.1) is 5.10 Å². The summed E-state index contributed by atoms with van der Waals surface area (Å²) in [6.45, 7) is 2.84. The fraction of sp³-hybridized carbons (Fsp3) is 0.538. The lowest BCUT2D eigenvalue weighted by atomic mass is 9.75. The van der Waals surface area contributed by atoms with Crippen molar-refractivity contribution in [3.05, 3.63) is 11.9 Å². The van der Waals surface area contributed by atoms with Crippen LogP contribution in [0.2, 0.25) is 0 Å². The van der Waals surface area contributed by atoms with Crippen molar-refractivity contribution >= 4 is 29.3 Å². The zero-order valence-corrected chi connectivity index (χ0v) is 13.9. The van der Waals surface area contributed by atoms with Gasteiger partial charge in [-0.2, -0.15) is 4.79 Å². The molecule has 1 unspecified atom stereocenters. The molecule has 13 heteroatoms. The van der Waals surface area contributed by atoms with E-state index >= 15 is 0 Å². The zero-order valence-electron chi connectivity index (χ0n) is 13.9. The number of β-lactam (4-membered cyclic amide) rings is 1. The highest BCUT2D eigenvalue weighted by atomic mass is 16.4. The number of hydrogen-bond donors (Lipinski definition) is 3. The van der Waals surface area contributed by atoms with Gasteiger partial charge in [0.05, 0.1) is 12.0 Å². The van der Waals surface area contributed by atoms with Crippen molar-refractivity contribution in [3.63, 3.8) is 0 Å². The SMILES string of the molecule is CC(C(=O)C(=[N+]=[N-])C(=O)O)[C@H]1NC(=O)[C@@H]1[C@@H](C)NC(=O)Cn1cnnn1. The van der Waals surface area contributed by atoms with E-state index in [1.54, 1.807) is 6.92 Å². The molecule has 0 saturated carbocycles. The molecule has 0 aliphatic carbocycles. The summed E-state index contributed by atoms with van der Waals surface area (Å²) in [5, 5.41) is 24.3. The lowest BCUT2D eigenvalue weighted by Gasteiger charge is -2.42. The number of Topliss-reactive ketones (excluding diaryl/α,β-unsaturated/α-hetero) is 1. The van der Waals surface area contributed by atoms with Crippen molar-refractivity contribution in [2.24, 2.45) is 11.8 Å². The molecule has 0 spiro atoms. The normalized spacial score (nSPS) is 20.8. The van der Waals surface area contributed by atoms with Crippen molar-refractivity contribution in [2.45, 2.75) is 32.5 Å². The Morgan fingerprint density at radius 2 is 2.15 bits per heavy atom. The second-order valence-corrected chi connectivity index (χ2v) is 5.83. The molecule has 138 valence electrons. The summed E-state index contributed by atoms with van der Waals surface area (Å²) >= 11 is 0. The van der Waals surface area contributed by atoms with Crippen molar-refractivity contribution in [1.29, 1.82) is 0 Å². The van der Waals surface area contributed by atoms with Crippen LogP contribution in [0.3, 0.4) is 0 Å². The summed E-state index contributed by atoms with van der Waals surface area (Å²) in [5.74, 6) is -5.14. The molecule has 2 rings (SSSR count). The van der Waals surface area contributed by atoms with Gasteiger partial charge in [0, 0.05) is 12.0 Å². The number of carbonyl (C=O) groups is 4. The summed E-state index contributed by atoms with van der Waals surface area (Å²) in [4.78, 5) is 49.4. The number of carboxylic acids is 1. The van der Waals surface area contributed by atoms with Gasteiger partial charge in [0.15, 0.2) is 0 Å². The molecule has 1 aliphatic rings. The maximum absolute atomic E-state index is 12.1. The molecule has 4 atom stereocenters. The number of rotatable bonds is 8. The fourth-order valence-corrected chi connectivity index (χ4v) is 2.76. The molecule has 1 aliphatic heterocycles. The maximum Gasteiger partial charge on any atom is 0.441 e. The smallest absolute Gasteiger partial charge is 0.441 e. The number of aliphatic carboxylic acids is 1. The lowest BCUT2D eigenvalue weighted by Crippen LogP contribution is -2.68. The number of ketones is 1. The van der Waals surface area contributed by atoms with E-state index < -0.39 is 47.3 Å². The van der Waals surface area contributed by atoms with Crippen molar-refractivity contribution in [2.75, 3.05) is 0 Å². The summed E-state index contributed by atoms with van der Waals surface area (Å²) in [6, 6.07) is -1.35. The second kappa shape index (κ2) is 7.61. The van der Waals surface area contributed by atoms with Gasteiger partial charge in [0.25, 0.3) is 5.78 Å². The van der Waals surface area contributed by atoms with E-state index in [1.807, 2.05) is 0 Å². The highest BCUT2D eigenvalue weighted by Crippen LogP contribution is 2.26. The van der Waals surface area contributed by atoms with Crippen LogP contribution in [0.4, 0.5) is 0 Å². The van der Waals surface area contributed by atoms with E-state index in [0.29, 0.717) is 0 Å². The topological polar surface area (TPSA) is 193 Å². The lowest BCUT2D eigenvalue weighted by molar-refractivity contribution is -0.141. The van der Waals surface area contributed by atoms with E-state index in [0.717, 1.165) is 0 Å². The third-order valence-corrected chi connectivity index (χ3v) is 4.11. The monoisotopic (exact) mass is 364 g/mol. The van der Waals surface area contributed by atoms with Gasteiger partial charge >= 0.3 is 11.7 Å². The Hall–Kier alpha value is -3.47. The minimum Gasteiger partial charge on any atom is -0.472 e. The fourth-order valence-electron chi connectivity index (χ4n) is 2.76. The minimum atomic E-state index is -1.67. The molecular weight excluding hydrogens is 348 g/mol. The largest absolute Gasteiger partial charge is 0.472 e. The Labute approximate surface area is 146 Å². The molecule has 3 N–H and O–H groups in total. The highest BCUT2D eigenvalue weighted by molar-refractivity contribution is 6.62. The van der Waals surface area contributed by atoms with E-state index in [-0.39, 0.29) is 12.5 Å². The van der Waals surface area contributed by atoms with Crippen LogP contribution in [-0.2, 0) is 25.7 Å². The third-order valence-electron chi connectivity index (χ3n) is 4.11. The number of amides is 2. The summed E-state index contributed by atoms with van der Waals surface area (Å²) in [7, 11) is 0. The summed E-state index contributed by atoms with van der Waals surface area (Å²) in [5.41, 5.74) is 7.66. The van der Waals surface area contributed by atoms with Gasteiger partial charge in [0.2, 0.25) is 11.8 Å². The van der Waals surface area contributed by atoms with Gasteiger partial charge in [-0.1, -0.05) is 6.92 Å². The zero-order chi connectivity index (χ0) is 19.4. The van der Waals surface area contributed by atoms with Crippen molar-refractivity contribution in [1.82, 2.24) is 30.8 Å². The number of nitrogens with zero attached hydrogens (tertiary/aromatic N) is 6. The average Bonchev–Trinajstić information content (AvgIpc) is 3.04. The quantitative estimate of drug-likeness (QED) is 0.145. The van der Waals surface area contributed by atoms with E-state index in [2.05, 4.69) is 30.9 Å². The number of aromatic nitrogens is 4. The van der Waals surface area contributed by atoms with Gasteiger partial charge in [-0.3, -0.25) is 14.4 Å². The van der Waals surface area contributed by atoms with Crippen LogP contribution in [-0.4, -0.2) is 71.5 Å². The molecule has 26 heavy (non-hydrogen) atoms. The van der Waals surface area contributed by atoms with Crippen LogP contribution in [0, 0.1) is 11.8 Å². The first-order valence-electron chi connectivity index (χ1n) is 7.56. The molecule has 1 saturated heterocycles. The summed E-state index contributed by atoms with van der Waals surface area (Å²) in [6.07, 6.45) is 1.26. The molecule has 1 aromatic rings. The number of tetrazole rings is 1. The molecule has 0 bridgehead atoms. The molecule has 2 heterocycles. The summed E-state index contributed by atoms with van der Waals surface area (Å²) < 4.78 is 1.20. The standard InChI is InChI=1S/C13H16N8O5/c1-5(11(23)10(18-14)13(25)26)9-8(12(24)17-9)6(2)16-7(22)3-21-4-15-19-20-21/h4-6,8-9H,3H2,1-2H3,(H,16,22)(H,17,24)(H,25,26)/t5?,6-,8-,9-/m1/s1. The van der Waals surface area contributed by atoms with Crippen LogP contribution >= 0.6 is 0 Å². The second-order valence-electron chi connectivity index (χ2n) is 5.83. The Kier molecular flexibility index (Phi) is 5.52.